The van der Waals surface area contributed by atoms with E-state index in [2.05, 4.69) is 69.0 Å². The number of rotatable bonds is 3. The molecule has 2 aromatic rings. The van der Waals surface area contributed by atoms with E-state index in [4.69, 9.17) is 11.6 Å². The van der Waals surface area contributed by atoms with Crippen molar-refractivity contribution in [1.29, 1.82) is 0 Å². The van der Waals surface area contributed by atoms with E-state index in [-0.39, 0.29) is 25.8 Å². The van der Waals surface area contributed by atoms with Gasteiger partial charge in [-0.15, -0.1) is 0 Å². The molecular formula is C15H5Br4ClF3NO3. The first-order valence-corrected chi connectivity index (χ1v) is 10.2. The van der Waals surface area contributed by atoms with E-state index in [1.807, 2.05) is 0 Å². The Morgan fingerprint density at radius 1 is 0.963 bits per heavy atom. The van der Waals surface area contributed by atoms with Gasteiger partial charge in [0.05, 0.1) is 21.7 Å². The summed E-state index contributed by atoms with van der Waals surface area (Å²) in [5.41, 5.74) is -1.99. The smallest absolute Gasteiger partial charge is 0.417 e. The zero-order chi connectivity index (χ0) is 20.7. The third-order valence-corrected chi connectivity index (χ3v) is 8.34. The van der Waals surface area contributed by atoms with Gasteiger partial charge in [0.2, 0.25) is 0 Å². The van der Waals surface area contributed by atoms with Crippen molar-refractivity contribution < 1.29 is 27.9 Å². The van der Waals surface area contributed by atoms with Crippen LogP contribution in [-0.2, 0) is 6.18 Å². The van der Waals surface area contributed by atoms with Gasteiger partial charge in [-0.1, -0.05) is 11.6 Å². The lowest BCUT2D eigenvalue weighted by molar-refractivity contribution is -0.137. The minimum absolute atomic E-state index is 0.0855. The summed E-state index contributed by atoms with van der Waals surface area (Å²) in [7, 11) is 0. The lowest BCUT2D eigenvalue weighted by atomic mass is 10.1. The molecule has 0 aliphatic heterocycles. The van der Waals surface area contributed by atoms with Crippen molar-refractivity contribution in [2.75, 3.05) is 5.32 Å². The van der Waals surface area contributed by atoms with Crippen LogP contribution in [-0.4, -0.2) is 17.0 Å². The first-order chi connectivity index (χ1) is 12.4. The van der Waals surface area contributed by atoms with Crippen LogP contribution in [0.25, 0.3) is 0 Å². The zero-order valence-electron chi connectivity index (χ0n) is 12.5. The molecule has 2 N–H and O–H groups in total. The van der Waals surface area contributed by atoms with Gasteiger partial charge < -0.3 is 10.4 Å². The Morgan fingerprint density at radius 3 is 1.96 bits per heavy atom. The molecule has 2 aromatic carbocycles. The first-order valence-electron chi connectivity index (χ1n) is 6.63. The molecule has 0 unspecified atom stereocenters. The number of carboxylic acids is 1. The molecule has 0 fully saturated rings. The Labute approximate surface area is 189 Å². The zero-order valence-corrected chi connectivity index (χ0v) is 19.6. The maximum absolute atomic E-state index is 13.0. The Bertz CT molecular complexity index is 967. The second-order valence-corrected chi connectivity index (χ2v) is 8.54. The number of carbonyl (C=O) groups is 2. The molecule has 144 valence electrons. The first kappa shape index (κ1) is 22.7. The van der Waals surface area contributed by atoms with Crippen LogP contribution in [0, 0.1) is 0 Å². The molecule has 0 aliphatic rings. The summed E-state index contributed by atoms with van der Waals surface area (Å²) in [5.74, 6) is -2.34. The van der Waals surface area contributed by atoms with E-state index in [1.165, 1.54) is 6.07 Å². The lowest BCUT2D eigenvalue weighted by Crippen LogP contribution is -2.19. The molecule has 4 nitrogen and oxygen atoms in total. The van der Waals surface area contributed by atoms with Gasteiger partial charge in [0.25, 0.3) is 5.91 Å². The highest BCUT2D eigenvalue weighted by atomic mass is 79.9. The van der Waals surface area contributed by atoms with Gasteiger partial charge in [0.1, 0.15) is 0 Å². The van der Waals surface area contributed by atoms with Crippen molar-refractivity contribution in [2.24, 2.45) is 0 Å². The minimum Gasteiger partial charge on any atom is -0.478 e. The number of carbonyl (C=O) groups excluding carboxylic acids is 1. The predicted molar refractivity (Wildman–Crippen MR) is 109 cm³/mol. The highest BCUT2D eigenvalue weighted by Crippen LogP contribution is 2.42. The quantitative estimate of drug-likeness (QED) is 0.268. The highest BCUT2D eigenvalue weighted by molar-refractivity contribution is 9.15. The highest BCUT2D eigenvalue weighted by Gasteiger charge is 2.34. The van der Waals surface area contributed by atoms with E-state index in [0.29, 0.717) is 15.0 Å². The summed E-state index contributed by atoms with van der Waals surface area (Å²) in [6.45, 7) is 0. The molecule has 0 bridgehead atoms. The Hall–Kier alpha value is -0.620. The molecule has 0 radical (unpaired) electrons. The van der Waals surface area contributed by atoms with Crippen molar-refractivity contribution in [1.82, 2.24) is 0 Å². The molecule has 1 amide bonds. The van der Waals surface area contributed by atoms with E-state index in [0.717, 1.165) is 6.07 Å². The van der Waals surface area contributed by atoms with Crippen LogP contribution >= 0.6 is 75.3 Å². The number of nitrogens with one attached hydrogen (secondary N) is 1. The summed E-state index contributed by atoms with van der Waals surface area (Å²) in [5, 5.41) is 11.2. The van der Waals surface area contributed by atoms with Crippen LogP contribution in [0.1, 0.15) is 26.3 Å². The molecule has 27 heavy (non-hydrogen) atoms. The summed E-state index contributed by atoms with van der Waals surface area (Å²) in [6, 6.07) is 2.82. The number of benzene rings is 2. The fourth-order valence-electron chi connectivity index (χ4n) is 2.06. The molecule has 2 rings (SSSR count). The summed E-state index contributed by atoms with van der Waals surface area (Å²) in [4.78, 5) is 24.3. The van der Waals surface area contributed by atoms with Crippen molar-refractivity contribution in [3.8, 4) is 0 Å². The van der Waals surface area contributed by atoms with E-state index < -0.39 is 28.6 Å². The number of hydrogen-bond donors (Lipinski definition) is 2. The van der Waals surface area contributed by atoms with Gasteiger partial charge in [-0.3, -0.25) is 4.79 Å². The fraction of sp³-hybridized carbons (Fsp3) is 0.0667. The third kappa shape index (κ3) is 4.69. The molecule has 0 heterocycles. The molecule has 0 saturated carbocycles. The van der Waals surface area contributed by atoms with E-state index >= 15 is 0 Å². The maximum atomic E-state index is 13.0. The Kier molecular flexibility index (Phi) is 7.05. The van der Waals surface area contributed by atoms with Gasteiger partial charge in [-0.2, -0.15) is 13.2 Å². The Morgan fingerprint density at radius 2 is 1.48 bits per heavy atom. The molecule has 0 aromatic heterocycles. The molecule has 0 aliphatic carbocycles. The molecule has 0 spiro atoms. The third-order valence-electron chi connectivity index (χ3n) is 3.24. The number of halogens is 8. The second-order valence-electron chi connectivity index (χ2n) is 4.96. The normalized spacial score (nSPS) is 11.4. The number of aromatic carboxylic acids is 1. The van der Waals surface area contributed by atoms with E-state index in [1.54, 1.807) is 0 Å². The number of alkyl halides is 3. The standard InChI is InChI=1S/C15H5Br4ClF3NO3/c16-9-7(8(14(26)27)10(17)12(19)11(9)18)13(25)24-4-1-2-6(20)5(3-4)15(21,22)23/h1-3H,(H,24,25)(H,26,27). The van der Waals surface area contributed by atoms with Gasteiger partial charge in [0, 0.05) is 23.6 Å². The number of amides is 1. The second kappa shape index (κ2) is 8.40. The van der Waals surface area contributed by atoms with Crippen LogP contribution in [0.5, 0.6) is 0 Å². The number of anilines is 1. The van der Waals surface area contributed by atoms with Crippen LogP contribution in [0.4, 0.5) is 18.9 Å². The molecular weight excluding hydrogens is 654 g/mol. The van der Waals surface area contributed by atoms with Crippen LogP contribution in [0.3, 0.4) is 0 Å². The summed E-state index contributed by atoms with van der Waals surface area (Å²) < 4.78 is 39.8. The maximum Gasteiger partial charge on any atom is 0.417 e. The van der Waals surface area contributed by atoms with Gasteiger partial charge in [0.15, 0.2) is 0 Å². The number of hydrogen-bond acceptors (Lipinski definition) is 2. The fourth-order valence-corrected chi connectivity index (χ4v) is 4.75. The molecule has 12 heteroatoms. The minimum atomic E-state index is -4.71. The summed E-state index contributed by atoms with van der Waals surface area (Å²) in [6.07, 6.45) is -4.71. The van der Waals surface area contributed by atoms with E-state index in [9.17, 15) is 27.9 Å². The van der Waals surface area contributed by atoms with Crippen LogP contribution < -0.4 is 5.32 Å². The van der Waals surface area contributed by atoms with Crippen LogP contribution in [0.2, 0.25) is 5.02 Å². The molecule has 0 saturated heterocycles. The average Bonchev–Trinajstić information content (AvgIpc) is 2.56. The predicted octanol–water partition coefficient (Wildman–Crippen LogP) is 7.36. The van der Waals surface area contributed by atoms with Crippen LogP contribution in [0.15, 0.2) is 36.1 Å². The largest absolute Gasteiger partial charge is 0.478 e. The Balaban J connectivity index is 2.56. The average molecular weight is 659 g/mol. The van der Waals surface area contributed by atoms with Gasteiger partial charge in [-0.05, 0) is 81.9 Å². The van der Waals surface area contributed by atoms with Crippen molar-refractivity contribution in [2.45, 2.75) is 6.18 Å². The van der Waals surface area contributed by atoms with Crippen molar-refractivity contribution in [3.63, 3.8) is 0 Å². The van der Waals surface area contributed by atoms with Gasteiger partial charge in [-0.25, -0.2) is 4.79 Å². The number of carboxylic acid groups (broad SMARTS) is 1. The summed E-state index contributed by atoms with van der Waals surface area (Å²) >= 11 is 18.2. The van der Waals surface area contributed by atoms with Gasteiger partial charge >= 0.3 is 12.1 Å². The topological polar surface area (TPSA) is 66.4 Å². The molecule has 0 atom stereocenters. The van der Waals surface area contributed by atoms with Crippen molar-refractivity contribution >= 4 is 92.9 Å². The van der Waals surface area contributed by atoms with Crippen molar-refractivity contribution in [3.05, 3.63) is 57.8 Å². The SMILES string of the molecule is O=C(O)c1c(Br)c(Br)c(Br)c(Br)c1C(=O)Nc1ccc(Cl)c(C(F)(F)F)c1. The lowest BCUT2D eigenvalue weighted by Gasteiger charge is -2.16. The monoisotopic (exact) mass is 655 g/mol.